The lowest BCUT2D eigenvalue weighted by molar-refractivity contribution is -0.120. The Morgan fingerprint density at radius 3 is 2.38 bits per heavy atom. The summed E-state index contributed by atoms with van der Waals surface area (Å²) in [5.74, 6) is -0.223. The molecule has 1 unspecified atom stereocenters. The van der Waals surface area contributed by atoms with Gasteiger partial charge in [-0.3, -0.25) is 4.79 Å². The van der Waals surface area contributed by atoms with E-state index >= 15 is 0 Å². The molecule has 1 aliphatic heterocycles. The third-order valence-electron chi connectivity index (χ3n) is 3.81. The Morgan fingerprint density at radius 2 is 1.71 bits per heavy atom. The Kier molecular flexibility index (Phi) is 3.93. The van der Waals surface area contributed by atoms with Crippen LogP contribution in [0.1, 0.15) is 30.9 Å². The predicted molar refractivity (Wildman–Crippen MR) is 81.9 cm³/mol. The molecule has 0 radical (unpaired) electrons. The van der Waals surface area contributed by atoms with Gasteiger partial charge < -0.3 is 4.90 Å². The van der Waals surface area contributed by atoms with Crippen LogP contribution in [0, 0.1) is 5.82 Å². The van der Waals surface area contributed by atoms with Crippen molar-refractivity contribution in [3.63, 3.8) is 0 Å². The van der Waals surface area contributed by atoms with Crippen LogP contribution in [-0.2, 0) is 4.79 Å². The molecule has 0 aliphatic carbocycles. The number of benzene rings is 2. The maximum atomic E-state index is 13.1. The number of carbonyl (C=O) groups excluding carboxylic acids is 1. The highest BCUT2D eigenvalue weighted by Gasteiger charge is 2.30. The zero-order chi connectivity index (χ0) is 14.8. The van der Waals surface area contributed by atoms with E-state index in [1.165, 1.54) is 12.1 Å². The number of nitrogens with zero attached hydrogens (tertiary/aromatic N) is 1. The number of hydrogen-bond acceptors (Lipinski definition) is 1. The summed E-state index contributed by atoms with van der Waals surface area (Å²) < 4.78 is 13.1. The molecule has 1 saturated heterocycles. The van der Waals surface area contributed by atoms with Gasteiger partial charge in [0.1, 0.15) is 5.82 Å². The molecule has 0 bridgehead atoms. The van der Waals surface area contributed by atoms with Crippen molar-refractivity contribution >= 4 is 23.2 Å². The van der Waals surface area contributed by atoms with E-state index in [2.05, 4.69) is 0 Å². The Morgan fingerprint density at radius 1 is 1.05 bits per heavy atom. The highest BCUT2D eigenvalue weighted by molar-refractivity contribution is 6.30. The summed E-state index contributed by atoms with van der Waals surface area (Å²) in [5, 5.41) is 0.675. The van der Waals surface area contributed by atoms with Crippen LogP contribution in [0.2, 0.25) is 5.02 Å². The standard InChI is InChI=1S/C17H15ClFNO/c18-13-6-4-12(5-7-13)16-2-1-3-17(21)20(16)15-10-8-14(19)9-11-15/h4-11,16H,1-3H2. The molecular weight excluding hydrogens is 289 g/mol. The fraction of sp³-hybridized carbons (Fsp3) is 0.235. The number of halogens is 2. The highest BCUT2D eigenvalue weighted by Crippen LogP contribution is 2.36. The molecule has 2 aromatic rings. The first-order valence-electron chi connectivity index (χ1n) is 6.98. The molecule has 2 aromatic carbocycles. The van der Waals surface area contributed by atoms with E-state index in [1.54, 1.807) is 17.0 Å². The van der Waals surface area contributed by atoms with Gasteiger partial charge in [-0.2, -0.15) is 0 Å². The molecule has 0 N–H and O–H groups in total. The van der Waals surface area contributed by atoms with E-state index in [1.807, 2.05) is 24.3 Å². The third kappa shape index (κ3) is 2.93. The minimum Gasteiger partial charge on any atom is -0.305 e. The number of carbonyl (C=O) groups is 1. The summed E-state index contributed by atoms with van der Waals surface area (Å²) in [7, 11) is 0. The quantitative estimate of drug-likeness (QED) is 0.785. The number of rotatable bonds is 2. The molecule has 2 nitrogen and oxygen atoms in total. The average molecular weight is 304 g/mol. The van der Waals surface area contributed by atoms with Crippen LogP contribution in [0.25, 0.3) is 0 Å². The second-order valence-corrected chi connectivity index (χ2v) is 5.64. The van der Waals surface area contributed by atoms with Gasteiger partial charge in [0.15, 0.2) is 0 Å². The largest absolute Gasteiger partial charge is 0.305 e. The predicted octanol–water partition coefficient (Wildman–Crippen LogP) is 4.74. The minimum atomic E-state index is -0.300. The normalized spacial score (nSPS) is 18.9. The highest BCUT2D eigenvalue weighted by atomic mass is 35.5. The van der Waals surface area contributed by atoms with Gasteiger partial charge in [-0.05, 0) is 54.8 Å². The summed E-state index contributed by atoms with van der Waals surface area (Å²) in [6.07, 6.45) is 2.29. The summed E-state index contributed by atoms with van der Waals surface area (Å²) in [5.41, 5.74) is 1.79. The summed E-state index contributed by atoms with van der Waals surface area (Å²) in [6, 6.07) is 13.6. The lowest BCUT2D eigenvalue weighted by Gasteiger charge is -2.36. The summed E-state index contributed by atoms with van der Waals surface area (Å²) >= 11 is 5.93. The second-order valence-electron chi connectivity index (χ2n) is 5.20. The van der Waals surface area contributed by atoms with E-state index in [9.17, 15) is 9.18 Å². The van der Waals surface area contributed by atoms with Crippen molar-refractivity contribution in [3.05, 3.63) is 64.9 Å². The molecule has 4 heteroatoms. The Bertz CT molecular complexity index is 639. The SMILES string of the molecule is O=C1CCCC(c2ccc(Cl)cc2)N1c1ccc(F)cc1. The Hall–Kier alpha value is -1.87. The maximum Gasteiger partial charge on any atom is 0.227 e. The van der Waals surface area contributed by atoms with Crippen LogP contribution < -0.4 is 4.90 Å². The van der Waals surface area contributed by atoms with E-state index in [0.29, 0.717) is 11.4 Å². The molecule has 1 atom stereocenters. The number of hydrogen-bond donors (Lipinski definition) is 0. The van der Waals surface area contributed by atoms with Gasteiger partial charge >= 0.3 is 0 Å². The molecule has 1 aliphatic rings. The first kappa shape index (κ1) is 14.1. The van der Waals surface area contributed by atoms with E-state index in [0.717, 1.165) is 24.1 Å². The van der Waals surface area contributed by atoms with Gasteiger partial charge in [-0.15, -0.1) is 0 Å². The molecule has 0 aromatic heterocycles. The van der Waals surface area contributed by atoms with Crippen molar-refractivity contribution in [2.75, 3.05) is 4.90 Å². The van der Waals surface area contributed by atoms with Crippen molar-refractivity contribution in [1.82, 2.24) is 0 Å². The van der Waals surface area contributed by atoms with Crippen molar-refractivity contribution in [2.45, 2.75) is 25.3 Å². The monoisotopic (exact) mass is 303 g/mol. The molecule has 3 rings (SSSR count). The topological polar surface area (TPSA) is 20.3 Å². The van der Waals surface area contributed by atoms with Crippen LogP contribution in [0.4, 0.5) is 10.1 Å². The fourth-order valence-corrected chi connectivity index (χ4v) is 2.92. The molecule has 1 heterocycles. The summed E-state index contributed by atoms with van der Waals surface area (Å²) in [4.78, 5) is 14.1. The molecular formula is C17H15ClFNO. The van der Waals surface area contributed by atoms with Crippen molar-refractivity contribution < 1.29 is 9.18 Å². The lowest BCUT2D eigenvalue weighted by Crippen LogP contribution is -2.38. The van der Waals surface area contributed by atoms with Crippen LogP contribution >= 0.6 is 11.6 Å². The minimum absolute atomic E-state index is 0.0195. The van der Waals surface area contributed by atoms with Crippen LogP contribution in [0.3, 0.4) is 0 Å². The molecule has 0 spiro atoms. The van der Waals surface area contributed by atoms with Gasteiger partial charge in [0.2, 0.25) is 5.91 Å². The third-order valence-corrected chi connectivity index (χ3v) is 4.06. The number of piperidine rings is 1. The van der Waals surface area contributed by atoms with Gasteiger partial charge in [-0.25, -0.2) is 4.39 Å². The average Bonchev–Trinajstić information content (AvgIpc) is 2.49. The maximum absolute atomic E-state index is 13.1. The molecule has 1 amide bonds. The van der Waals surface area contributed by atoms with E-state index in [-0.39, 0.29) is 17.8 Å². The zero-order valence-corrected chi connectivity index (χ0v) is 12.2. The van der Waals surface area contributed by atoms with Gasteiger partial charge in [0.05, 0.1) is 6.04 Å². The van der Waals surface area contributed by atoms with E-state index < -0.39 is 0 Å². The molecule has 21 heavy (non-hydrogen) atoms. The molecule has 0 saturated carbocycles. The molecule has 1 fully saturated rings. The van der Waals surface area contributed by atoms with Crippen LogP contribution in [-0.4, -0.2) is 5.91 Å². The van der Waals surface area contributed by atoms with Gasteiger partial charge in [-0.1, -0.05) is 23.7 Å². The van der Waals surface area contributed by atoms with Crippen LogP contribution in [0.5, 0.6) is 0 Å². The van der Waals surface area contributed by atoms with Gasteiger partial charge in [0, 0.05) is 17.1 Å². The first-order chi connectivity index (χ1) is 10.1. The molecule has 108 valence electrons. The number of amides is 1. The zero-order valence-electron chi connectivity index (χ0n) is 11.4. The van der Waals surface area contributed by atoms with Crippen molar-refractivity contribution in [2.24, 2.45) is 0 Å². The van der Waals surface area contributed by atoms with Crippen molar-refractivity contribution in [1.29, 1.82) is 0 Å². The summed E-state index contributed by atoms with van der Waals surface area (Å²) in [6.45, 7) is 0. The Labute approximate surface area is 128 Å². The first-order valence-corrected chi connectivity index (χ1v) is 7.36. The second kappa shape index (κ2) is 5.86. The fourth-order valence-electron chi connectivity index (χ4n) is 2.80. The lowest BCUT2D eigenvalue weighted by atomic mass is 9.94. The van der Waals surface area contributed by atoms with E-state index in [4.69, 9.17) is 11.6 Å². The smallest absolute Gasteiger partial charge is 0.227 e. The van der Waals surface area contributed by atoms with Gasteiger partial charge in [0.25, 0.3) is 0 Å². The Balaban J connectivity index is 1.98. The van der Waals surface area contributed by atoms with Crippen LogP contribution in [0.15, 0.2) is 48.5 Å². The van der Waals surface area contributed by atoms with Crippen molar-refractivity contribution in [3.8, 4) is 0 Å². The number of anilines is 1.